The fraction of sp³-hybridized carbons (Fsp3) is 0.250. The van der Waals surface area contributed by atoms with E-state index < -0.39 is 0 Å². The Balaban J connectivity index is 1.89. The zero-order chi connectivity index (χ0) is 13.5. The van der Waals surface area contributed by atoms with E-state index in [0.717, 1.165) is 16.6 Å². The maximum atomic E-state index is 5.86. The highest BCUT2D eigenvalue weighted by Crippen LogP contribution is 2.22. The Kier molecular flexibility index (Phi) is 5.43. The minimum atomic E-state index is 0.334. The number of ether oxygens (including phenoxy) is 1. The third kappa shape index (κ3) is 4.37. The lowest BCUT2D eigenvalue weighted by Crippen LogP contribution is -2.15. The molecule has 0 saturated carbocycles. The van der Waals surface area contributed by atoms with Gasteiger partial charge in [0.1, 0.15) is 5.75 Å². The molecule has 0 bridgehead atoms. The van der Waals surface area contributed by atoms with Gasteiger partial charge in [0.2, 0.25) is 0 Å². The summed E-state index contributed by atoms with van der Waals surface area (Å²) in [6, 6.07) is 18.2. The van der Waals surface area contributed by atoms with E-state index in [1.165, 1.54) is 5.56 Å². The van der Waals surface area contributed by atoms with Crippen molar-refractivity contribution in [1.82, 2.24) is 0 Å². The molecule has 0 heterocycles. The molecule has 3 heteroatoms. The molecule has 0 aromatic heterocycles. The lowest BCUT2D eigenvalue weighted by molar-refractivity contribution is 0.298. The summed E-state index contributed by atoms with van der Waals surface area (Å²) in [5.74, 6) is 1.24. The second kappa shape index (κ2) is 7.31. The molecule has 0 saturated heterocycles. The number of benzene rings is 2. The van der Waals surface area contributed by atoms with Gasteiger partial charge >= 0.3 is 0 Å². The lowest BCUT2D eigenvalue weighted by atomic mass is 9.96. The SMILES string of the molecule is NCC(CCOc1ccccc1)c1cccc(Br)c1. The van der Waals surface area contributed by atoms with Crippen LogP contribution < -0.4 is 10.5 Å². The average Bonchev–Trinajstić information content (AvgIpc) is 2.45. The Hall–Kier alpha value is -1.32. The first-order valence-electron chi connectivity index (χ1n) is 6.43. The van der Waals surface area contributed by atoms with Gasteiger partial charge in [-0.1, -0.05) is 46.3 Å². The van der Waals surface area contributed by atoms with Crippen LogP contribution in [0.3, 0.4) is 0 Å². The van der Waals surface area contributed by atoms with Crippen molar-refractivity contribution in [2.24, 2.45) is 5.73 Å². The van der Waals surface area contributed by atoms with Crippen LogP contribution in [0.4, 0.5) is 0 Å². The zero-order valence-electron chi connectivity index (χ0n) is 10.8. The van der Waals surface area contributed by atoms with Gasteiger partial charge in [0.25, 0.3) is 0 Å². The van der Waals surface area contributed by atoms with Gasteiger partial charge in [-0.2, -0.15) is 0 Å². The zero-order valence-corrected chi connectivity index (χ0v) is 12.3. The summed E-state index contributed by atoms with van der Waals surface area (Å²) in [5.41, 5.74) is 7.12. The van der Waals surface area contributed by atoms with Crippen LogP contribution in [0.25, 0.3) is 0 Å². The molecular weight excluding hydrogens is 302 g/mol. The van der Waals surface area contributed by atoms with Crippen molar-refractivity contribution in [3.63, 3.8) is 0 Å². The summed E-state index contributed by atoms with van der Waals surface area (Å²) in [5, 5.41) is 0. The molecule has 0 aliphatic carbocycles. The predicted molar refractivity (Wildman–Crippen MR) is 82.5 cm³/mol. The van der Waals surface area contributed by atoms with Gasteiger partial charge in [-0.15, -0.1) is 0 Å². The lowest BCUT2D eigenvalue weighted by Gasteiger charge is -2.16. The van der Waals surface area contributed by atoms with Crippen molar-refractivity contribution in [2.75, 3.05) is 13.2 Å². The van der Waals surface area contributed by atoms with Crippen molar-refractivity contribution in [1.29, 1.82) is 0 Å². The van der Waals surface area contributed by atoms with Crippen molar-refractivity contribution in [2.45, 2.75) is 12.3 Å². The molecule has 2 rings (SSSR count). The Labute approximate surface area is 122 Å². The molecule has 2 aromatic carbocycles. The highest BCUT2D eigenvalue weighted by Gasteiger charge is 2.10. The maximum absolute atomic E-state index is 5.86. The first-order valence-corrected chi connectivity index (χ1v) is 7.22. The summed E-state index contributed by atoms with van der Waals surface area (Å²) in [6.07, 6.45) is 0.918. The summed E-state index contributed by atoms with van der Waals surface area (Å²) >= 11 is 3.49. The predicted octanol–water partition coefficient (Wildman–Crippen LogP) is 3.96. The molecule has 0 fully saturated rings. The summed E-state index contributed by atoms with van der Waals surface area (Å²) in [4.78, 5) is 0. The Morgan fingerprint density at radius 1 is 1.05 bits per heavy atom. The van der Waals surface area contributed by atoms with E-state index in [1.54, 1.807) is 0 Å². The minimum absolute atomic E-state index is 0.334. The van der Waals surface area contributed by atoms with E-state index in [9.17, 15) is 0 Å². The summed E-state index contributed by atoms with van der Waals surface area (Å²) in [7, 11) is 0. The second-order valence-corrected chi connectivity index (χ2v) is 5.35. The first kappa shape index (κ1) is 14.1. The number of rotatable bonds is 6. The van der Waals surface area contributed by atoms with Crippen LogP contribution in [0.1, 0.15) is 17.9 Å². The largest absolute Gasteiger partial charge is 0.494 e. The molecule has 0 aliphatic heterocycles. The second-order valence-electron chi connectivity index (χ2n) is 4.44. The third-order valence-corrected chi connectivity index (χ3v) is 3.58. The highest BCUT2D eigenvalue weighted by molar-refractivity contribution is 9.10. The molecule has 0 aliphatic rings. The van der Waals surface area contributed by atoms with Crippen molar-refractivity contribution in [3.8, 4) is 5.75 Å². The molecule has 2 aromatic rings. The number of halogens is 1. The van der Waals surface area contributed by atoms with Crippen LogP contribution in [0, 0.1) is 0 Å². The van der Waals surface area contributed by atoms with E-state index in [0.29, 0.717) is 19.1 Å². The summed E-state index contributed by atoms with van der Waals surface area (Å²) < 4.78 is 6.81. The molecule has 0 spiro atoms. The molecule has 2 N–H and O–H groups in total. The third-order valence-electron chi connectivity index (χ3n) is 3.08. The van der Waals surface area contributed by atoms with Crippen LogP contribution in [-0.4, -0.2) is 13.2 Å². The van der Waals surface area contributed by atoms with E-state index in [1.807, 2.05) is 42.5 Å². The van der Waals surface area contributed by atoms with E-state index >= 15 is 0 Å². The fourth-order valence-corrected chi connectivity index (χ4v) is 2.43. The minimum Gasteiger partial charge on any atom is -0.494 e. The van der Waals surface area contributed by atoms with Crippen LogP contribution >= 0.6 is 15.9 Å². The van der Waals surface area contributed by atoms with Crippen molar-refractivity contribution >= 4 is 15.9 Å². The Morgan fingerprint density at radius 2 is 1.84 bits per heavy atom. The molecule has 0 radical (unpaired) electrons. The van der Waals surface area contributed by atoms with Gasteiger partial charge in [0, 0.05) is 4.47 Å². The van der Waals surface area contributed by atoms with E-state index in [2.05, 4.69) is 28.1 Å². The van der Waals surface area contributed by atoms with Gasteiger partial charge < -0.3 is 10.5 Å². The van der Waals surface area contributed by atoms with Crippen LogP contribution in [-0.2, 0) is 0 Å². The van der Waals surface area contributed by atoms with Gasteiger partial charge in [-0.3, -0.25) is 0 Å². The fourth-order valence-electron chi connectivity index (χ4n) is 2.02. The Morgan fingerprint density at radius 3 is 2.53 bits per heavy atom. The highest BCUT2D eigenvalue weighted by atomic mass is 79.9. The van der Waals surface area contributed by atoms with E-state index in [-0.39, 0.29) is 0 Å². The number of nitrogens with two attached hydrogens (primary N) is 1. The standard InChI is InChI=1S/C16H18BrNO/c17-15-6-4-5-13(11-15)14(12-18)9-10-19-16-7-2-1-3-8-16/h1-8,11,14H,9-10,12,18H2. The van der Waals surface area contributed by atoms with Crippen molar-refractivity contribution in [3.05, 3.63) is 64.6 Å². The van der Waals surface area contributed by atoms with Gasteiger partial charge in [-0.05, 0) is 48.7 Å². The average molecular weight is 320 g/mol. The van der Waals surface area contributed by atoms with Gasteiger partial charge in [-0.25, -0.2) is 0 Å². The number of para-hydroxylation sites is 1. The van der Waals surface area contributed by atoms with Crippen LogP contribution in [0.5, 0.6) is 5.75 Å². The number of hydrogen-bond donors (Lipinski definition) is 1. The molecule has 100 valence electrons. The van der Waals surface area contributed by atoms with Gasteiger partial charge in [0.15, 0.2) is 0 Å². The van der Waals surface area contributed by atoms with Crippen LogP contribution in [0.2, 0.25) is 0 Å². The molecule has 0 amide bonds. The molecule has 1 atom stereocenters. The topological polar surface area (TPSA) is 35.2 Å². The molecule has 2 nitrogen and oxygen atoms in total. The normalized spacial score (nSPS) is 12.1. The van der Waals surface area contributed by atoms with Crippen molar-refractivity contribution < 1.29 is 4.74 Å². The Bertz CT molecular complexity index is 501. The first-order chi connectivity index (χ1) is 9.29. The molecule has 1 unspecified atom stereocenters. The molecule has 19 heavy (non-hydrogen) atoms. The smallest absolute Gasteiger partial charge is 0.119 e. The summed E-state index contributed by atoms with van der Waals surface area (Å²) in [6.45, 7) is 1.31. The van der Waals surface area contributed by atoms with Crippen LogP contribution in [0.15, 0.2) is 59.1 Å². The maximum Gasteiger partial charge on any atom is 0.119 e. The quantitative estimate of drug-likeness (QED) is 0.874. The van der Waals surface area contributed by atoms with E-state index in [4.69, 9.17) is 10.5 Å². The monoisotopic (exact) mass is 319 g/mol. The van der Waals surface area contributed by atoms with Gasteiger partial charge in [0.05, 0.1) is 6.61 Å². The molecular formula is C16H18BrNO. The number of hydrogen-bond acceptors (Lipinski definition) is 2.